The average molecular weight is 198 g/mol. The van der Waals surface area contributed by atoms with Gasteiger partial charge in [-0.25, -0.2) is 0 Å². The molecular weight excluding hydrogens is 184 g/mol. The fraction of sp³-hybridized carbons (Fsp3) is 0.364. The Balaban J connectivity index is 2.97. The van der Waals surface area contributed by atoms with Gasteiger partial charge in [-0.15, -0.1) is 0 Å². The molecule has 13 heavy (non-hydrogen) atoms. The first kappa shape index (κ1) is 10.4. The van der Waals surface area contributed by atoms with E-state index in [9.17, 15) is 0 Å². The molecule has 1 rings (SSSR count). The molecule has 1 aromatic carbocycles. The summed E-state index contributed by atoms with van der Waals surface area (Å²) in [6.07, 6.45) is 0. The molecule has 0 aliphatic rings. The maximum absolute atomic E-state index is 5.95. The predicted octanol–water partition coefficient (Wildman–Crippen LogP) is 3.70. The van der Waals surface area contributed by atoms with Crippen LogP contribution in [0.1, 0.15) is 26.3 Å². The second kappa shape index (κ2) is 4.52. The van der Waals surface area contributed by atoms with E-state index in [1.165, 1.54) is 11.5 Å². The highest BCUT2D eigenvalue weighted by atomic mass is 35.5. The average Bonchev–Trinajstić information content (AvgIpc) is 2.08. The van der Waals surface area contributed by atoms with Gasteiger partial charge in [-0.05, 0) is 30.5 Å². The SMILES string of the molecule is CCOc1cc([C](C)C)ccc1Cl. The first-order valence-corrected chi connectivity index (χ1v) is 4.75. The van der Waals surface area contributed by atoms with Crippen molar-refractivity contribution in [3.05, 3.63) is 34.7 Å². The first-order valence-electron chi connectivity index (χ1n) is 4.38. The minimum Gasteiger partial charge on any atom is -0.492 e. The van der Waals surface area contributed by atoms with Crippen LogP contribution >= 0.6 is 11.6 Å². The molecule has 0 spiro atoms. The van der Waals surface area contributed by atoms with Crippen LogP contribution in [0.5, 0.6) is 5.75 Å². The molecule has 0 unspecified atom stereocenters. The van der Waals surface area contributed by atoms with Crippen molar-refractivity contribution in [3.63, 3.8) is 0 Å². The van der Waals surface area contributed by atoms with Crippen LogP contribution in [0.15, 0.2) is 18.2 Å². The van der Waals surface area contributed by atoms with E-state index in [0.29, 0.717) is 11.6 Å². The van der Waals surface area contributed by atoms with Crippen LogP contribution in [0.4, 0.5) is 0 Å². The van der Waals surface area contributed by atoms with Crippen LogP contribution < -0.4 is 4.74 Å². The van der Waals surface area contributed by atoms with Gasteiger partial charge in [0, 0.05) is 0 Å². The Bertz CT molecular complexity index is 281. The first-order chi connectivity index (χ1) is 6.15. The van der Waals surface area contributed by atoms with Crippen molar-refractivity contribution in [3.8, 4) is 5.75 Å². The number of halogens is 1. The largest absolute Gasteiger partial charge is 0.492 e. The maximum atomic E-state index is 5.95. The molecule has 0 bridgehead atoms. The predicted molar refractivity (Wildman–Crippen MR) is 56.3 cm³/mol. The number of benzene rings is 1. The smallest absolute Gasteiger partial charge is 0.138 e. The lowest BCUT2D eigenvalue weighted by Gasteiger charge is -2.09. The van der Waals surface area contributed by atoms with Gasteiger partial charge in [0.05, 0.1) is 11.6 Å². The van der Waals surface area contributed by atoms with Crippen molar-refractivity contribution in [2.45, 2.75) is 20.8 Å². The highest BCUT2D eigenvalue weighted by Crippen LogP contribution is 2.28. The maximum Gasteiger partial charge on any atom is 0.138 e. The lowest BCUT2D eigenvalue weighted by Crippen LogP contribution is -1.95. The Morgan fingerprint density at radius 3 is 2.62 bits per heavy atom. The van der Waals surface area contributed by atoms with E-state index in [-0.39, 0.29) is 0 Å². The molecule has 71 valence electrons. The van der Waals surface area contributed by atoms with Crippen LogP contribution in [0, 0.1) is 5.92 Å². The number of hydrogen-bond donors (Lipinski definition) is 0. The van der Waals surface area contributed by atoms with E-state index < -0.39 is 0 Å². The van der Waals surface area contributed by atoms with Gasteiger partial charge in [0.1, 0.15) is 5.75 Å². The number of ether oxygens (including phenoxy) is 1. The molecule has 0 heterocycles. The lowest BCUT2D eigenvalue weighted by atomic mass is 10.0. The van der Waals surface area contributed by atoms with Gasteiger partial charge >= 0.3 is 0 Å². The number of hydrogen-bond acceptors (Lipinski definition) is 1. The van der Waals surface area contributed by atoms with Gasteiger partial charge in [-0.3, -0.25) is 0 Å². The fourth-order valence-corrected chi connectivity index (χ4v) is 1.25. The van der Waals surface area contributed by atoms with Crippen molar-refractivity contribution >= 4 is 11.6 Å². The lowest BCUT2D eigenvalue weighted by molar-refractivity contribution is 0.340. The minimum atomic E-state index is 0.645. The van der Waals surface area contributed by atoms with E-state index in [2.05, 4.69) is 13.8 Å². The van der Waals surface area contributed by atoms with Crippen LogP contribution in [-0.2, 0) is 0 Å². The minimum absolute atomic E-state index is 0.645. The summed E-state index contributed by atoms with van der Waals surface area (Å²) in [7, 11) is 0. The van der Waals surface area contributed by atoms with E-state index in [1.807, 2.05) is 25.1 Å². The topological polar surface area (TPSA) is 9.23 Å². The van der Waals surface area contributed by atoms with E-state index >= 15 is 0 Å². The standard InChI is InChI=1S/C11H14ClO/c1-4-13-11-7-9(8(2)3)5-6-10(11)12/h5-7H,4H2,1-3H3. The molecule has 1 radical (unpaired) electrons. The Kier molecular flexibility index (Phi) is 3.61. The van der Waals surface area contributed by atoms with Gasteiger partial charge in [0.25, 0.3) is 0 Å². The van der Waals surface area contributed by atoms with Crippen molar-refractivity contribution in [1.29, 1.82) is 0 Å². The highest BCUT2D eigenvalue weighted by Gasteiger charge is 2.05. The Morgan fingerprint density at radius 1 is 1.38 bits per heavy atom. The zero-order chi connectivity index (χ0) is 9.84. The summed E-state index contributed by atoms with van der Waals surface area (Å²) >= 11 is 5.95. The zero-order valence-corrected chi connectivity index (χ0v) is 8.98. The Labute approximate surface area is 84.7 Å². The summed E-state index contributed by atoms with van der Waals surface area (Å²) in [5.74, 6) is 2.03. The molecule has 0 aliphatic carbocycles. The molecule has 1 nitrogen and oxygen atoms in total. The highest BCUT2D eigenvalue weighted by molar-refractivity contribution is 6.32. The molecule has 1 aromatic rings. The molecule has 0 N–H and O–H groups in total. The second-order valence-electron chi connectivity index (χ2n) is 3.08. The molecule has 0 saturated heterocycles. The molecule has 0 aliphatic heterocycles. The summed E-state index contributed by atoms with van der Waals surface area (Å²) in [6, 6.07) is 5.84. The molecular formula is C11H14ClO. The molecule has 0 fully saturated rings. The third-order valence-corrected chi connectivity index (χ3v) is 2.12. The van der Waals surface area contributed by atoms with Crippen LogP contribution in [0.25, 0.3) is 0 Å². The Hall–Kier alpha value is -0.690. The van der Waals surface area contributed by atoms with E-state index in [0.717, 1.165) is 5.75 Å². The van der Waals surface area contributed by atoms with Gasteiger partial charge < -0.3 is 4.74 Å². The molecule has 0 amide bonds. The number of rotatable bonds is 3. The van der Waals surface area contributed by atoms with Gasteiger partial charge in [-0.2, -0.15) is 0 Å². The summed E-state index contributed by atoms with van der Waals surface area (Å²) in [6.45, 7) is 6.73. The molecule has 2 heteroatoms. The molecule has 0 aromatic heterocycles. The summed E-state index contributed by atoms with van der Waals surface area (Å²) in [5.41, 5.74) is 1.17. The van der Waals surface area contributed by atoms with Crippen molar-refractivity contribution in [1.82, 2.24) is 0 Å². The van der Waals surface area contributed by atoms with Crippen LogP contribution in [0.2, 0.25) is 5.02 Å². The molecule has 0 saturated carbocycles. The van der Waals surface area contributed by atoms with Crippen LogP contribution in [0.3, 0.4) is 0 Å². The van der Waals surface area contributed by atoms with E-state index in [4.69, 9.17) is 16.3 Å². The third-order valence-electron chi connectivity index (χ3n) is 1.81. The second-order valence-corrected chi connectivity index (χ2v) is 3.49. The fourth-order valence-electron chi connectivity index (χ4n) is 1.08. The normalized spacial score (nSPS) is 10.5. The van der Waals surface area contributed by atoms with Crippen molar-refractivity contribution < 1.29 is 4.74 Å². The van der Waals surface area contributed by atoms with Crippen molar-refractivity contribution in [2.75, 3.05) is 6.61 Å². The quantitative estimate of drug-likeness (QED) is 0.718. The Morgan fingerprint density at radius 2 is 2.08 bits per heavy atom. The zero-order valence-electron chi connectivity index (χ0n) is 8.23. The summed E-state index contributed by atoms with van der Waals surface area (Å²) < 4.78 is 5.38. The van der Waals surface area contributed by atoms with Gasteiger partial charge in [0.2, 0.25) is 0 Å². The van der Waals surface area contributed by atoms with Gasteiger partial charge in [-0.1, -0.05) is 31.5 Å². The summed E-state index contributed by atoms with van der Waals surface area (Å²) in [4.78, 5) is 0. The molecule has 0 atom stereocenters. The van der Waals surface area contributed by atoms with Crippen LogP contribution in [-0.4, -0.2) is 6.61 Å². The summed E-state index contributed by atoms with van der Waals surface area (Å²) in [5, 5.41) is 0.673. The third kappa shape index (κ3) is 2.63. The monoisotopic (exact) mass is 197 g/mol. The van der Waals surface area contributed by atoms with Gasteiger partial charge in [0.15, 0.2) is 0 Å². The van der Waals surface area contributed by atoms with Crippen molar-refractivity contribution in [2.24, 2.45) is 0 Å². The van der Waals surface area contributed by atoms with E-state index in [1.54, 1.807) is 0 Å².